The number of nitrogens with zero attached hydrogens (tertiary/aromatic N) is 2. The maximum absolute atomic E-state index is 12.5. The van der Waals surface area contributed by atoms with E-state index in [2.05, 4.69) is 0 Å². The molecule has 0 aliphatic heterocycles. The molecule has 6 heteroatoms. The lowest BCUT2D eigenvalue weighted by molar-refractivity contribution is 0.442. The van der Waals surface area contributed by atoms with Crippen molar-refractivity contribution in [2.24, 2.45) is 0 Å². The average Bonchev–Trinajstić information content (AvgIpc) is 2.49. The Labute approximate surface area is 125 Å². The van der Waals surface area contributed by atoms with Gasteiger partial charge in [0.2, 0.25) is 10.0 Å². The van der Waals surface area contributed by atoms with Crippen LogP contribution in [0.3, 0.4) is 0 Å². The highest BCUT2D eigenvalue weighted by molar-refractivity contribution is 7.89. The molecule has 2 rings (SSSR count). The largest absolute Gasteiger partial charge is 0.307 e. The Morgan fingerprint density at radius 2 is 2.00 bits per heavy atom. The van der Waals surface area contributed by atoms with E-state index in [1.807, 2.05) is 12.2 Å². The van der Waals surface area contributed by atoms with Gasteiger partial charge in [-0.05, 0) is 25.3 Å². The third-order valence-corrected chi connectivity index (χ3v) is 5.87. The standard InChI is InChI=1S/C15H22N2O3S/c1-3-16(4-2)21(19,20)14-10-11-15(18)17(12-14)13-8-6-5-7-9-13/h6,8,10-13H,3-5,7,9H2,1-2H3/t13-/m0/s1. The summed E-state index contributed by atoms with van der Waals surface area (Å²) in [5.41, 5.74) is -0.162. The number of sulfonamides is 1. The zero-order valence-corrected chi connectivity index (χ0v) is 13.3. The molecule has 0 saturated carbocycles. The molecule has 0 amide bonds. The Hall–Kier alpha value is -1.40. The van der Waals surface area contributed by atoms with E-state index in [0.29, 0.717) is 13.1 Å². The molecule has 0 unspecified atom stereocenters. The van der Waals surface area contributed by atoms with Gasteiger partial charge in [0.25, 0.3) is 5.56 Å². The van der Waals surface area contributed by atoms with Crippen molar-refractivity contribution < 1.29 is 8.42 Å². The van der Waals surface area contributed by atoms with E-state index in [-0.39, 0.29) is 16.5 Å². The van der Waals surface area contributed by atoms with Crippen LogP contribution in [0.2, 0.25) is 0 Å². The van der Waals surface area contributed by atoms with Crippen molar-refractivity contribution >= 4 is 10.0 Å². The Morgan fingerprint density at radius 3 is 2.57 bits per heavy atom. The van der Waals surface area contributed by atoms with Gasteiger partial charge in [-0.2, -0.15) is 4.31 Å². The van der Waals surface area contributed by atoms with Gasteiger partial charge >= 0.3 is 0 Å². The fraction of sp³-hybridized carbons (Fsp3) is 0.533. The van der Waals surface area contributed by atoms with Crippen LogP contribution >= 0.6 is 0 Å². The molecule has 5 nitrogen and oxygen atoms in total. The second-order valence-corrected chi connectivity index (χ2v) is 7.06. The minimum absolute atomic E-state index is 0.0434. The summed E-state index contributed by atoms with van der Waals surface area (Å²) in [4.78, 5) is 12.2. The SMILES string of the molecule is CCN(CC)S(=O)(=O)c1ccc(=O)n([C@H]2C=CCCC2)c1. The van der Waals surface area contributed by atoms with E-state index < -0.39 is 10.0 Å². The summed E-state index contributed by atoms with van der Waals surface area (Å²) in [5, 5.41) is 0. The molecule has 1 atom stereocenters. The summed E-state index contributed by atoms with van der Waals surface area (Å²) in [6.45, 7) is 4.45. The van der Waals surface area contributed by atoms with Crippen LogP contribution in [0.15, 0.2) is 40.2 Å². The molecular weight excluding hydrogens is 288 g/mol. The molecule has 0 aromatic carbocycles. The van der Waals surface area contributed by atoms with Crippen LogP contribution in [0.4, 0.5) is 0 Å². The van der Waals surface area contributed by atoms with E-state index in [1.54, 1.807) is 13.8 Å². The summed E-state index contributed by atoms with van der Waals surface area (Å²) < 4.78 is 28.0. The fourth-order valence-electron chi connectivity index (χ4n) is 2.63. The van der Waals surface area contributed by atoms with Crippen LogP contribution in [0.25, 0.3) is 0 Å². The summed E-state index contributed by atoms with van der Waals surface area (Å²) in [6.07, 6.45) is 8.41. The van der Waals surface area contributed by atoms with E-state index >= 15 is 0 Å². The quantitative estimate of drug-likeness (QED) is 0.783. The Balaban J connectivity index is 2.45. The summed E-state index contributed by atoms with van der Waals surface area (Å²) in [7, 11) is -3.53. The number of allylic oxidation sites excluding steroid dienone is 2. The van der Waals surface area contributed by atoms with Crippen molar-refractivity contribution in [1.82, 2.24) is 8.87 Å². The molecule has 1 aliphatic carbocycles. The molecule has 21 heavy (non-hydrogen) atoms. The normalized spacial score (nSPS) is 19.1. The Morgan fingerprint density at radius 1 is 1.29 bits per heavy atom. The van der Waals surface area contributed by atoms with Gasteiger partial charge in [0.05, 0.1) is 10.9 Å². The molecule has 0 spiro atoms. The zero-order chi connectivity index (χ0) is 15.5. The molecule has 0 radical (unpaired) electrons. The molecule has 1 heterocycles. The Bertz CT molecular complexity index is 672. The fourth-order valence-corrected chi connectivity index (χ4v) is 4.10. The van der Waals surface area contributed by atoms with E-state index in [0.717, 1.165) is 19.3 Å². The van der Waals surface area contributed by atoms with Crippen LogP contribution in [0.5, 0.6) is 0 Å². The molecule has 0 saturated heterocycles. The third-order valence-electron chi connectivity index (χ3n) is 3.84. The predicted molar refractivity (Wildman–Crippen MR) is 82.8 cm³/mol. The number of aromatic nitrogens is 1. The van der Waals surface area contributed by atoms with Crippen LogP contribution < -0.4 is 5.56 Å². The van der Waals surface area contributed by atoms with Crippen molar-refractivity contribution in [1.29, 1.82) is 0 Å². The molecule has 1 aliphatic rings. The van der Waals surface area contributed by atoms with E-state index in [4.69, 9.17) is 0 Å². The van der Waals surface area contributed by atoms with Crippen LogP contribution in [-0.2, 0) is 10.0 Å². The number of hydrogen-bond donors (Lipinski definition) is 0. The van der Waals surface area contributed by atoms with Gasteiger partial charge in [-0.15, -0.1) is 0 Å². The summed E-state index contributed by atoms with van der Waals surface area (Å²) in [6, 6.07) is 2.70. The van der Waals surface area contributed by atoms with Crippen LogP contribution in [-0.4, -0.2) is 30.4 Å². The van der Waals surface area contributed by atoms with Crippen molar-refractivity contribution in [2.45, 2.75) is 44.0 Å². The first-order valence-electron chi connectivity index (χ1n) is 7.39. The van der Waals surface area contributed by atoms with Crippen molar-refractivity contribution in [3.05, 3.63) is 40.8 Å². The summed E-state index contributed by atoms with van der Waals surface area (Å²) >= 11 is 0. The van der Waals surface area contributed by atoms with Crippen molar-refractivity contribution in [3.63, 3.8) is 0 Å². The maximum Gasteiger partial charge on any atom is 0.251 e. The van der Waals surface area contributed by atoms with Gasteiger partial charge in [0.1, 0.15) is 0 Å². The first-order chi connectivity index (χ1) is 10.0. The molecule has 0 bridgehead atoms. The maximum atomic E-state index is 12.5. The van der Waals surface area contributed by atoms with Gasteiger partial charge in [-0.3, -0.25) is 4.79 Å². The third kappa shape index (κ3) is 3.27. The molecule has 1 aromatic heterocycles. The van der Waals surface area contributed by atoms with Gasteiger partial charge in [-0.1, -0.05) is 26.0 Å². The van der Waals surface area contributed by atoms with Crippen molar-refractivity contribution in [3.8, 4) is 0 Å². The monoisotopic (exact) mass is 310 g/mol. The number of hydrogen-bond acceptors (Lipinski definition) is 3. The lowest BCUT2D eigenvalue weighted by Crippen LogP contribution is -2.32. The lowest BCUT2D eigenvalue weighted by atomic mass is 10.0. The highest BCUT2D eigenvalue weighted by atomic mass is 32.2. The predicted octanol–water partition coefficient (Wildman–Crippen LogP) is 2.16. The van der Waals surface area contributed by atoms with E-state index in [9.17, 15) is 13.2 Å². The van der Waals surface area contributed by atoms with Crippen LogP contribution in [0, 0.1) is 0 Å². The zero-order valence-electron chi connectivity index (χ0n) is 12.5. The molecule has 1 aromatic rings. The topological polar surface area (TPSA) is 59.4 Å². The lowest BCUT2D eigenvalue weighted by Gasteiger charge is -2.22. The van der Waals surface area contributed by atoms with Gasteiger partial charge in [0.15, 0.2) is 0 Å². The summed E-state index contributed by atoms with van der Waals surface area (Å²) in [5.74, 6) is 0. The van der Waals surface area contributed by atoms with E-state index in [1.165, 1.54) is 27.2 Å². The second kappa shape index (κ2) is 6.58. The Kier molecular flexibility index (Phi) is 5.00. The second-order valence-electron chi connectivity index (χ2n) is 5.13. The highest BCUT2D eigenvalue weighted by Gasteiger charge is 2.23. The number of rotatable bonds is 5. The van der Waals surface area contributed by atoms with Gasteiger partial charge in [-0.25, -0.2) is 8.42 Å². The smallest absolute Gasteiger partial charge is 0.251 e. The molecule has 116 valence electrons. The first kappa shape index (κ1) is 16.0. The van der Waals surface area contributed by atoms with Crippen molar-refractivity contribution in [2.75, 3.05) is 13.1 Å². The number of pyridine rings is 1. The highest BCUT2D eigenvalue weighted by Crippen LogP contribution is 2.22. The first-order valence-corrected chi connectivity index (χ1v) is 8.83. The minimum Gasteiger partial charge on any atom is -0.307 e. The van der Waals surface area contributed by atoms with Gasteiger partial charge in [0, 0.05) is 25.4 Å². The van der Waals surface area contributed by atoms with Gasteiger partial charge < -0.3 is 4.57 Å². The average molecular weight is 310 g/mol. The molecule has 0 fully saturated rings. The van der Waals surface area contributed by atoms with Crippen LogP contribution in [0.1, 0.15) is 39.2 Å². The molecular formula is C15H22N2O3S. The minimum atomic E-state index is -3.53. The molecule has 0 N–H and O–H groups in total.